The van der Waals surface area contributed by atoms with E-state index in [1.165, 1.54) is 54.6 Å². The lowest BCUT2D eigenvalue weighted by Gasteiger charge is -2.09. The zero-order valence-electron chi connectivity index (χ0n) is 37.9. The highest BCUT2D eigenvalue weighted by atomic mass is 35.5. The number of amides is 3. The van der Waals surface area contributed by atoms with E-state index in [0.717, 1.165) is 36.4 Å². The molecule has 3 aromatic heterocycles. The molecule has 0 bridgehead atoms. The molecule has 9 rings (SSSR count). The SMILES string of the molecule is O=C(Nc1nnc(-c2ccccc2)o1)c1cccc(OC(F)(F)F)c1.O=C(Nc1nnc(-c2ccccc2Cl)o1)c1cccc(OC(F)(F)F)c1.O=C(Nc1nnc(-c2ccccc2F)o1)c1cccc(OC(F)(F)F)c1. The Kier molecular flexibility index (Phi) is 17.1. The summed E-state index contributed by atoms with van der Waals surface area (Å²) < 4.78 is 151. The number of hydrogen-bond donors (Lipinski definition) is 3. The van der Waals surface area contributed by atoms with Gasteiger partial charge < -0.3 is 27.5 Å². The molecule has 0 saturated carbocycles. The van der Waals surface area contributed by atoms with Gasteiger partial charge in [0.25, 0.3) is 29.5 Å². The minimum absolute atomic E-state index is 0.0427. The summed E-state index contributed by atoms with van der Waals surface area (Å²) >= 11 is 6.02. The summed E-state index contributed by atoms with van der Waals surface area (Å²) in [4.78, 5) is 36.3. The van der Waals surface area contributed by atoms with Crippen molar-refractivity contribution in [2.45, 2.75) is 19.1 Å². The Hall–Kier alpha value is -9.86. The first kappa shape index (κ1) is 54.9. The molecule has 0 saturated heterocycles. The highest BCUT2D eigenvalue weighted by Gasteiger charge is 2.33. The molecule has 3 N–H and O–H groups in total. The Bertz CT molecular complexity index is 3330. The second kappa shape index (κ2) is 24.0. The lowest BCUT2D eigenvalue weighted by molar-refractivity contribution is -0.275. The van der Waals surface area contributed by atoms with Crippen LogP contribution in [-0.2, 0) is 0 Å². The predicted molar refractivity (Wildman–Crippen MR) is 247 cm³/mol. The number of carbonyl (C=O) groups is 3. The minimum Gasteiger partial charge on any atom is -0.406 e. The third-order valence-electron chi connectivity index (χ3n) is 9.16. The van der Waals surface area contributed by atoms with Gasteiger partial charge in [-0.1, -0.05) is 87.6 Å². The first-order valence-corrected chi connectivity index (χ1v) is 21.5. The van der Waals surface area contributed by atoms with Gasteiger partial charge in [0.15, 0.2) is 0 Å². The first-order valence-electron chi connectivity index (χ1n) is 21.1. The number of benzene rings is 6. The highest BCUT2D eigenvalue weighted by molar-refractivity contribution is 6.33. The molecule has 6 aromatic carbocycles. The quantitative estimate of drug-likeness (QED) is 0.0966. The number of halogens is 11. The molecule has 9 aromatic rings. The van der Waals surface area contributed by atoms with Crippen LogP contribution in [0, 0.1) is 5.82 Å². The molecule has 396 valence electrons. The van der Waals surface area contributed by atoms with E-state index >= 15 is 0 Å². The van der Waals surface area contributed by atoms with E-state index in [0.29, 0.717) is 16.1 Å². The van der Waals surface area contributed by atoms with Crippen LogP contribution in [0.25, 0.3) is 34.4 Å². The summed E-state index contributed by atoms with van der Waals surface area (Å²) in [6.45, 7) is 0. The van der Waals surface area contributed by atoms with Gasteiger partial charge in [0, 0.05) is 22.3 Å². The van der Waals surface area contributed by atoms with Crippen LogP contribution in [0.2, 0.25) is 5.02 Å². The Balaban J connectivity index is 0.000000168. The summed E-state index contributed by atoms with van der Waals surface area (Å²) in [5, 5.41) is 29.3. The Labute approximate surface area is 428 Å². The summed E-state index contributed by atoms with van der Waals surface area (Å²) in [7, 11) is 0. The fraction of sp³-hybridized carbons (Fsp3) is 0.0625. The molecule has 0 spiro atoms. The highest BCUT2D eigenvalue weighted by Crippen LogP contribution is 2.30. The molecular weight excluding hydrogens is 1070 g/mol. The van der Waals surface area contributed by atoms with Gasteiger partial charge >= 0.3 is 37.1 Å². The lowest BCUT2D eigenvalue weighted by Crippen LogP contribution is -2.18. The van der Waals surface area contributed by atoms with Crippen LogP contribution in [0.5, 0.6) is 17.2 Å². The topological polar surface area (TPSA) is 232 Å². The van der Waals surface area contributed by atoms with Gasteiger partial charge in [-0.05, 0) is 91.0 Å². The van der Waals surface area contributed by atoms with Gasteiger partial charge in [0.05, 0.1) is 16.1 Å². The van der Waals surface area contributed by atoms with Crippen molar-refractivity contribution in [2.24, 2.45) is 0 Å². The number of hydrogen-bond acceptors (Lipinski definition) is 15. The maximum absolute atomic E-state index is 13.7. The van der Waals surface area contributed by atoms with Crippen molar-refractivity contribution in [3.05, 3.63) is 179 Å². The number of nitrogens with one attached hydrogen (secondary N) is 3. The van der Waals surface area contributed by atoms with Gasteiger partial charge in [0.2, 0.25) is 5.89 Å². The van der Waals surface area contributed by atoms with Crippen LogP contribution in [0.15, 0.2) is 165 Å². The molecule has 0 radical (unpaired) electrons. The molecule has 29 heteroatoms. The molecular formula is C48H28ClF10N9O9. The maximum Gasteiger partial charge on any atom is 0.573 e. The summed E-state index contributed by atoms with van der Waals surface area (Å²) in [6, 6.07) is 34.1. The normalized spacial score (nSPS) is 11.2. The first-order chi connectivity index (χ1) is 36.5. The number of aromatic nitrogens is 6. The van der Waals surface area contributed by atoms with E-state index in [2.05, 4.69) is 60.8 Å². The van der Waals surface area contributed by atoms with Crippen LogP contribution in [0.1, 0.15) is 31.1 Å². The van der Waals surface area contributed by atoms with E-state index in [1.54, 1.807) is 54.6 Å². The van der Waals surface area contributed by atoms with Crippen LogP contribution < -0.4 is 30.2 Å². The van der Waals surface area contributed by atoms with Crippen molar-refractivity contribution in [1.29, 1.82) is 0 Å². The monoisotopic (exact) mass is 1100 g/mol. The summed E-state index contributed by atoms with van der Waals surface area (Å²) in [5.74, 6) is -4.31. The average Bonchev–Trinajstić information content (AvgIpc) is 4.16. The second-order valence-corrected chi connectivity index (χ2v) is 15.1. The standard InChI is InChI=1S/C16H9ClF3N3O3.C16H9F4N3O3.C16H10F3N3O3/c2*17-12-7-2-1-6-11(12)14-22-23-15(25-14)21-13(24)9-4-3-5-10(8-9)26-16(18,19)20;17-16(18,19)25-12-8-4-7-11(9-12)13(23)20-15-22-21-14(24-15)10-5-2-1-3-6-10/h2*1-8H,(H,21,23,24);1-9H,(H,20,22,23). The Morgan fingerprint density at radius 1 is 0.416 bits per heavy atom. The second-order valence-electron chi connectivity index (χ2n) is 14.7. The van der Waals surface area contributed by atoms with Crippen molar-refractivity contribution in [1.82, 2.24) is 30.6 Å². The predicted octanol–water partition coefficient (Wildman–Crippen LogP) is 12.5. The van der Waals surface area contributed by atoms with Crippen molar-refractivity contribution >= 4 is 47.4 Å². The molecule has 0 atom stereocenters. The van der Waals surface area contributed by atoms with Gasteiger partial charge in [-0.3, -0.25) is 30.3 Å². The molecule has 0 unspecified atom stereocenters. The molecule has 3 amide bonds. The van der Waals surface area contributed by atoms with Crippen LogP contribution in [0.3, 0.4) is 0 Å². The number of anilines is 3. The lowest BCUT2D eigenvalue weighted by atomic mass is 10.2. The van der Waals surface area contributed by atoms with E-state index in [-0.39, 0.29) is 58.0 Å². The summed E-state index contributed by atoms with van der Waals surface area (Å²) in [5.41, 5.74) is 0.919. The minimum atomic E-state index is -4.88. The van der Waals surface area contributed by atoms with Gasteiger partial charge in [-0.2, -0.15) is 0 Å². The van der Waals surface area contributed by atoms with Crippen molar-refractivity contribution < 1.29 is 85.7 Å². The van der Waals surface area contributed by atoms with Gasteiger partial charge in [-0.25, -0.2) is 4.39 Å². The van der Waals surface area contributed by atoms with Crippen LogP contribution >= 0.6 is 11.6 Å². The average molecular weight is 1100 g/mol. The number of rotatable bonds is 12. The number of ether oxygens (including phenoxy) is 3. The number of alkyl halides is 9. The molecule has 0 aliphatic rings. The molecule has 0 aliphatic heterocycles. The van der Waals surface area contributed by atoms with Crippen molar-refractivity contribution in [3.63, 3.8) is 0 Å². The van der Waals surface area contributed by atoms with Crippen LogP contribution in [-0.4, -0.2) is 67.4 Å². The Morgan fingerprint density at radius 2 is 0.766 bits per heavy atom. The third kappa shape index (κ3) is 16.6. The summed E-state index contributed by atoms with van der Waals surface area (Å²) in [6.07, 6.45) is -14.6. The molecule has 0 fully saturated rings. The van der Waals surface area contributed by atoms with Crippen LogP contribution in [0.4, 0.5) is 61.9 Å². The maximum atomic E-state index is 13.7. The fourth-order valence-corrected chi connectivity index (χ4v) is 6.23. The van der Waals surface area contributed by atoms with E-state index in [4.69, 9.17) is 24.9 Å². The molecule has 0 aliphatic carbocycles. The fourth-order valence-electron chi connectivity index (χ4n) is 6.02. The third-order valence-corrected chi connectivity index (χ3v) is 9.48. The number of carbonyl (C=O) groups excluding carboxylic acids is 3. The van der Waals surface area contributed by atoms with Gasteiger partial charge in [-0.15, -0.1) is 54.8 Å². The molecule has 77 heavy (non-hydrogen) atoms. The molecule has 18 nitrogen and oxygen atoms in total. The largest absolute Gasteiger partial charge is 0.573 e. The Morgan fingerprint density at radius 3 is 1.17 bits per heavy atom. The molecule has 3 heterocycles. The van der Waals surface area contributed by atoms with Gasteiger partial charge in [0.1, 0.15) is 23.1 Å². The van der Waals surface area contributed by atoms with Crippen molar-refractivity contribution in [3.8, 4) is 51.6 Å². The van der Waals surface area contributed by atoms with E-state index in [9.17, 15) is 58.3 Å². The van der Waals surface area contributed by atoms with E-state index in [1.807, 2.05) is 6.07 Å². The van der Waals surface area contributed by atoms with E-state index < -0.39 is 59.9 Å². The number of nitrogens with zero attached hydrogens (tertiary/aromatic N) is 6. The zero-order valence-corrected chi connectivity index (χ0v) is 38.7. The smallest absolute Gasteiger partial charge is 0.406 e. The zero-order chi connectivity index (χ0) is 55.3. The van der Waals surface area contributed by atoms with Crippen molar-refractivity contribution in [2.75, 3.05) is 16.0 Å².